The lowest BCUT2D eigenvalue weighted by atomic mass is 9.97. The molecule has 0 fully saturated rings. The Balaban J connectivity index is 2.35. The first-order valence-electron chi connectivity index (χ1n) is 5.94. The summed E-state index contributed by atoms with van der Waals surface area (Å²) in [4.78, 5) is 0. The van der Waals surface area contributed by atoms with E-state index >= 15 is 0 Å². The predicted octanol–water partition coefficient (Wildman–Crippen LogP) is 2.98. The highest BCUT2D eigenvalue weighted by atomic mass is 19.3. The highest BCUT2D eigenvalue weighted by Crippen LogP contribution is 2.31. The third-order valence-electron chi connectivity index (χ3n) is 3.02. The van der Waals surface area contributed by atoms with Gasteiger partial charge in [-0.25, -0.2) is 8.78 Å². The first-order chi connectivity index (χ1) is 9.04. The van der Waals surface area contributed by atoms with Crippen molar-refractivity contribution in [2.45, 2.75) is 12.0 Å². The van der Waals surface area contributed by atoms with E-state index in [9.17, 15) is 8.78 Å². The molecular weight excluding hydrogens is 248 g/mol. The molecule has 0 radical (unpaired) electrons. The van der Waals surface area contributed by atoms with Gasteiger partial charge in [-0.15, -0.1) is 0 Å². The number of hydrogen-bond acceptors (Lipinski definition) is 2. The average molecular weight is 263 g/mol. The van der Waals surface area contributed by atoms with Crippen molar-refractivity contribution in [1.29, 1.82) is 0 Å². The number of hydrogen-bond donors (Lipinski definition) is 2. The number of nitrogens with two attached hydrogens (primary N) is 1. The molecule has 0 amide bonds. The van der Waals surface area contributed by atoms with E-state index in [-0.39, 0.29) is 0 Å². The standard InChI is InChI=1S/C15H15F2NO/c16-15(17,10-19)14(18)13-8-4-7-12(9-13)11-5-2-1-3-6-11/h1-9,14,19H,10,18H2/t14-/m0/s1. The van der Waals surface area contributed by atoms with E-state index < -0.39 is 18.6 Å². The molecule has 0 spiro atoms. The van der Waals surface area contributed by atoms with Crippen LogP contribution in [0.1, 0.15) is 11.6 Å². The maximum absolute atomic E-state index is 13.4. The summed E-state index contributed by atoms with van der Waals surface area (Å²) in [5.74, 6) is -3.32. The molecule has 0 aromatic heterocycles. The monoisotopic (exact) mass is 263 g/mol. The fraction of sp³-hybridized carbons (Fsp3) is 0.200. The van der Waals surface area contributed by atoms with Crippen LogP contribution in [0.25, 0.3) is 11.1 Å². The van der Waals surface area contributed by atoms with Crippen LogP contribution in [-0.2, 0) is 0 Å². The zero-order valence-electron chi connectivity index (χ0n) is 10.3. The highest BCUT2D eigenvalue weighted by molar-refractivity contribution is 5.64. The molecule has 0 aliphatic carbocycles. The van der Waals surface area contributed by atoms with Crippen LogP contribution in [0.15, 0.2) is 54.6 Å². The number of aliphatic hydroxyl groups is 1. The third-order valence-corrected chi connectivity index (χ3v) is 3.02. The van der Waals surface area contributed by atoms with Crippen molar-refractivity contribution in [2.24, 2.45) is 5.73 Å². The summed E-state index contributed by atoms with van der Waals surface area (Å²) >= 11 is 0. The number of benzene rings is 2. The third kappa shape index (κ3) is 2.97. The number of rotatable bonds is 4. The van der Waals surface area contributed by atoms with Crippen molar-refractivity contribution >= 4 is 0 Å². The van der Waals surface area contributed by atoms with Gasteiger partial charge in [0, 0.05) is 0 Å². The summed E-state index contributed by atoms with van der Waals surface area (Å²) < 4.78 is 26.8. The van der Waals surface area contributed by atoms with Gasteiger partial charge < -0.3 is 10.8 Å². The second kappa shape index (κ2) is 5.47. The molecule has 0 unspecified atom stereocenters. The molecule has 100 valence electrons. The van der Waals surface area contributed by atoms with E-state index in [1.807, 2.05) is 36.4 Å². The highest BCUT2D eigenvalue weighted by Gasteiger charge is 2.37. The van der Waals surface area contributed by atoms with Crippen LogP contribution in [0, 0.1) is 0 Å². The van der Waals surface area contributed by atoms with Gasteiger partial charge in [0.05, 0.1) is 6.04 Å². The first-order valence-corrected chi connectivity index (χ1v) is 5.94. The fourth-order valence-electron chi connectivity index (χ4n) is 1.88. The van der Waals surface area contributed by atoms with Gasteiger partial charge in [0.1, 0.15) is 6.61 Å². The van der Waals surface area contributed by atoms with Crippen LogP contribution in [-0.4, -0.2) is 17.6 Å². The van der Waals surface area contributed by atoms with Gasteiger partial charge in [-0.2, -0.15) is 0 Å². The van der Waals surface area contributed by atoms with Crippen LogP contribution in [0.4, 0.5) is 8.78 Å². The largest absolute Gasteiger partial charge is 0.390 e. The smallest absolute Gasteiger partial charge is 0.289 e. The predicted molar refractivity (Wildman–Crippen MR) is 70.8 cm³/mol. The Bertz CT molecular complexity index is 543. The molecule has 1 atom stereocenters. The van der Waals surface area contributed by atoms with Crippen molar-refractivity contribution in [3.63, 3.8) is 0 Å². The van der Waals surface area contributed by atoms with Crippen molar-refractivity contribution in [1.82, 2.24) is 0 Å². The van der Waals surface area contributed by atoms with Crippen LogP contribution in [0.5, 0.6) is 0 Å². The van der Waals surface area contributed by atoms with Gasteiger partial charge in [-0.3, -0.25) is 0 Å². The maximum Gasteiger partial charge on any atom is 0.289 e. The summed E-state index contributed by atoms with van der Waals surface area (Å²) in [6.07, 6.45) is 0. The Morgan fingerprint density at radius 3 is 2.26 bits per heavy atom. The minimum absolute atomic E-state index is 0.306. The van der Waals surface area contributed by atoms with Crippen molar-refractivity contribution in [2.75, 3.05) is 6.61 Å². The number of halogens is 2. The Morgan fingerprint density at radius 2 is 1.63 bits per heavy atom. The second-order valence-electron chi connectivity index (χ2n) is 4.39. The summed E-state index contributed by atoms with van der Waals surface area (Å²) in [6, 6.07) is 14.6. The molecule has 3 N–H and O–H groups in total. The van der Waals surface area contributed by atoms with Crippen molar-refractivity contribution < 1.29 is 13.9 Å². The van der Waals surface area contributed by atoms with Gasteiger partial charge in [-0.1, -0.05) is 48.5 Å². The minimum atomic E-state index is -3.32. The van der Waals surface area contributed by atoms with Gasteiger partial charge in [0.2, 0.25) is 0 Å². The van der Waals surface area contributed by atoms with Gasteiger partial charge in [0.15, 0.2) is 0 Å². The molecule has 2 rings (SSSR count). The van der Waals surface area contributed by atoms with Crippen molar-refractivity contribution in [3.05, 3.63) is 60.2 Å². The fourth-order valence-corrected chi connectivity index (χ4v) is 1.88. The Hall–Kier alpha value is -1.78. The van der Waals surface area contributed by atoms with Crippen LogP contribution in [0.2, 0.25) is 0 Å². The van der Waals surface area contributed by atoms with E-state index in [1.165, 1.54) is 0 Å². The molecule has 0 heterocycles. The Labute approximate surface area is 110 Å². The van der Waals surface area contributed by atoms with Crippen LogP contribution >= 0.6 is 0 Å². The molecular formula is C15H15F2NO. The SMILES string of the molecule is N[C@@H](c1cccc(-c2ccccc2)c1)C(F)(F)CO. The van der Waals surface area contributed by atoms with E-state index in [0.717, 1.165) is 11.1 Å². The molecule has 0 bridgehead atoms. The van der Waals surface area contributed by atoms with Crippen LogP contribution < -0.4 is 5.73 Å². The lowest BCUT2D eigenvalue weighted by Gasteiger charge is -2.22. The van der Waals surface area contributed by atoms with E-state index in [1.54, 1.807) is 18.2 Å². The first kappa shape index (κ1) is 13.6. The average Bonchev–Trinajstić information content (AvgIpc) is 2.47. The van der Waals surface area contributed by atoms with Gasteiger partial charge >= 0.3 is 0 Å². The zero-order valence-corrected chi connectivity index (χ0v) is 10.3. The molecule has 0 saturated heterocycles. The maximum atomic E-state index is 13.4. The van der Waals surface area contributed by atoms with E-state index in [2.05, 4.69) is 0 Å². The summed E-state index contributed by atoms with van der Waals surface area (Å²) in [5.41, 5.74) is 7.58. The molecule has 4 heteroatoms. The summed E-state index contributed by atoms with van der Waals surface area (Å²) in [6.45, 7) is -1.26. The number of alkyl halides is 2. The quantitative estimate of drug-likeness (QED) is 0.890. The Morgan fingerprint density at radius 1 is 1.00 bits per heavy atom. The lowest BCUT2D eigenvalue weighted by Crippen LogP contribution is -2.36. The zero-order chi connectivity index (χ0) is 13.9. The molecule has 0 saturated carbocycles. The minimum Gasteiger partial charge on any atom is -0.390 e. The molecule has 19 heavy (non-hydrogen) atoms. The summed E-state index contributed by atoms with van der Waals surface area (Å²) in [7, 11) is 0. The van der Waals surface area contributed by atoms with Gasteiger partial charge in [-0.05, 0) is 22.8 Å². The molecule has 0 aliphatic rings. The summed E-state index contributed by atoms with van der Waals surface area (Å²) in [5, 5.41) is 8.68. The lowest BCUT2D eigenvalue weighted by molar-refractivity contribution is -0.0711. The topological polar surface area (TPSA) is 46.2 Å². The van der Waals surface area contributed by atoms with E-state index in [4.69, 9.17) is 10.8 Å². The van der Waals surface area contributed by atoms with Crippen molar-refractivity contribution in [3.8, 4) is 11.1 Å². The Kier molecular flexibility index (Phi) is 3.93. The van der Waals surface area contributed by atoms with Crippen LogP contribution in [0.3, 0.4) is 0 Å². The molecule has 0 aliphatic heterocycles. The second-order valence-corrected chi connectivity index (χ2v) is 4.39. The molecule has 2 nitrogen and oxygen atoms in total. The van der Waals surface area contributed by atoms with E-state index in [0.29, 0.717) is 5.56 Å². The normalized spacial score (nSPS) is 13.3. The molecule has 2 aromatic rings. The van der Waals surface area contributed by atoms with Gasteiger partial charge in [0.25, 0.3) is 5.92 Å². The number of aliphatic hydroxyl groups excluding tert-OH is 1. The molecule has 2 aromatic carbocycles.